The zero-order chi connectivity index (χ0) is 19.1. The molecule has 2 aromatic carbocycles. The van der Waals surface area contributed by atoms with Crippen LogP contribution in [0.1, 0.15) is 37.1 Å². The number of hydrogen-bond acceptors (Lipinski definition) is 3. The molecule has 1 aromatic heterocycles. The first-order valence-electron chi connectivity index (χ1n) is 8.94. The van der Waals surface area contributed by atoms with E-state index < -0.39 is 6.04 Å². The summed E-state index contributed by atoms with van der Waals surface area (Å²) in [4.78, 5) is 14.1. The molecule has 1 unspecified atom stereocenters. The van der Waals surface area contributed by atoms with E-state index in [-0.39, 0.29) is 24.3 Å². The monoisotopic (exact) mass is 364 g/mol. The molecule has 27 heavy (non-hydrogen) atoms. The van der Waals surface area contributed by atoms with E-state index in [4.69, 9.17) is 5.73 Å². The van der Waals surface area contributed by atoms with Gasteiger partial charge in [-0.1, -0.05) is 30.3 Å². The molecule has 1 atom stereocenters. The van der Waals surface area contributed by atoms with Gasteiger partial charge >= 0.3 is 0 Å². The smallest absolute Gasteiger partial charge is 0.248 e. The van der Waals surface area contributed by atoms with Crippen molar-refractivity contribution in [1.29, 1.82) is 0 Å². The van der Waals surface area contributed by atoms with E-state index in [1.807, 2.05) is 55.1 Å². The Balaban J connectivity index is 1.61. The van der Waals surface area contributed by atoms with Gasteiger partial charge in [0.05, 0.1) is 12.7 Å². The van der Waals surface area contributed by atoms with Crippen LogP contribution in [0.5, 0.6) is 0 Å². The summed E-state index contributed by atoms with van der Waals surface area (Å²) in [6.07, 6.45) is 3.63. The summed E-state index contributed by atoms with van der Waals surface area (Å²) in [5.41, 5.74) is 9.60. The van der Waals surface area contributed by atoms with Crippen molar-refractivity contribution < 1.29 is 9.18 Å². The number of aromatic nitrogens is 2. The Morgan fingerprint density at radius 3 is 2.67 bits per heavy atom. The van der Waals surface area contributed by atoms with Crippen LogP contribution < -0.4 is 10.6 Å². The number of benzene rings is 2. The molecule has 0 spiro atoms. The number of rotatable bonds is 4. The molecule has 1 aliphatic rings. The van der Waals surface area contributed by atoms with Gasteiger partial charge in [-0.25, -0.2) is 4.39 Å². The molecule has 6 heteroatoms. The topological polar surface area (TPSA) is 64.2 Å². The van der Waals surface area contributed by atoms with Crippen molar-refractivity contribution in [3.63, 3.8) is 0 Å². The Morgan fingerprint density at radius 1 is 1.19 bits per heavy atom. The van der Waals surface area contributed by atoms with Crippen molar-refractivity contribution in [1.82, 2.24) is 9.78 Å². The maximum Gasteiger partial charge on any atom is 0.248 e. The molecule has 2 N–H and O–H groups in total. The number of halogens is 1. The highest BCUT2D eigenvalue weighted by Crippen LogP contribution is 2.35. The van der Waals surface area contributed by atoms with Gasteiger partial charge in [-0.2, -0.15) is 5.10 Å². The van der Waals surface area contributed by atoms with Crippen LogP contribution in [0, 0.1) is 5.82 Å². The number of nitrogens with zero attached hydrogens (tertiary/aromatic N) is 3. The highest BCUT2D eigenvalue weighted by Gasteiger charge is 2.34. The van der Waals surface area contributed by atoms with Gasteiger partial charge in [-0.05, 0) is 31.5 Å². The first-order chi connectivity index (χ1) is 13.0. The molecule has 138 valence electrons. The fraction of sp³-hybridized carbons (Fsp3) is 0.238. The van der Waals surface area contributed by atoms with Crippen LogP contribution >= 0.6 is 0 Å². The Labute approximate surface area is 157 Å². The molecule has 0 radical (unpaired) electrons. The lowest BCUT2D eigenvalue weighted by atomic mass is 10.1. The number of para-hydroxylation sites is 1. The van der Waals surface area contributed by atoms with Crippen LogP contribution in [0.2, 0.25) is 0 Å². The average molecular weight is 364 g/mol. The summed E-state index contributed by atoms with van der Waals surface area (Å²) < 4.78 is 16.6. The summed E-state index contributed by atoms with van der Waals surface area (Å²) in [7, 11) is 0. The van der Waals surface area contributed by atoms with Crippen molar-refractivity contribution >= 4 is 11.6 Å². The predicted molar refractivity (Wildman–Crippen MR) is 103 cm³/mol. The van der Waals surface area contributed by atoms with E-state index in [2.05, 4.69) is 5.10 Å². The third-order valence-electron chi connectivity index (χ3n) is 4.94. The zero-order valence-corrected chi connectivity index (χ0v) is 15.3. The summed E-state index contributed by atoms with van der Waals surface area (Å²) in [6, 6.07) is 12.0. The van der Waals surface area contributed by atoms with Crippen molar-refractivity contribution in [2.75, 3.05) is 4.90 Å². The minimum atomic E-state index is -0.689. The summed E-state index contributed by atoms with van der Waals surface area (Å²) in [6.45, 7) is 4.23. The SMILES string of the molecule is CC(C)n1cc(-c2ccc(CN3C(=O)C(N)c4ccccc43)c(F)c2)cn1. The number of nitrogens with two attached hydrogens (primary N) is 1. The highest BCUT2D eigenvalue weighted by molar-refractivity contribution is 6.04. The number of amides is 1. The number of fused-ring (bicyclic) bond motifs is 1. The Hall–Kier alpha value is -2.99. The molecule has 0 aliphatic carbocycles. The maximum absolute atomic E-state index is 14.8. The van der Waals surface area contributed by atoms with E-state index in [0.717, 1.165) is 22.4 Å². The summed E-state index contributed by atoms with van der Waals surface area (Å²) in [5, 5.41) is 4.30. The Morgan fingerprint density at radius 2 is 1.96 bits per heavy atom. The van der Waals surface area contributed by atoms with Crippen LogP contribution in [-0.4, -0.2) is 15.7 Å². The van der Waals surface area contributed by atoms with Crippen LogP contribution in [-0.2, 0) is 11.3 Å². The lowest BCUT2D eigenvalue weighted by Crippen LogP contribution is -2.31. The molecule has 2 heterocycles. The minimum Gasteiger partial charge on any atom is -0.316 e. The summed E-state index contributed by atoms with van der Waals surface area (Å²) in [5.74, 6) is -0.562. The Kier molecular flexibility index (Phi) is 4.28. The molecule has 0 bridgehead atoms. The second kappa shape index (κ2) is 6.63. The number of anilines is 1. The van der Waals surface area contributed by atoms with Crippen LogP contribution in [0.25, 0.3) is 11.1 Å². The first-order valence-corrected chi connectivity index (χ1v) is 8.94. The summed E-state index contributed by atoms with van der Waals surface area (Å²) >= 11 is 0. The van der Waals surface area contributed by atoms with Crippen LogP contribution in [0.3, 0.4) is 0 Å². The molecule has 1 amide bonds. The zero-order valence-electron chi connectivity index (χ0n) is 15.3. The van der Waals surface area contributed by atoms with Gasteiger partial charge in [0.25, 0.3) is 0 Å². The normalized spacial score (nSPS) is 16.3. The Bertz CT molecular complexity index is 1010. The fourth-order valence-electron chi connectivity index (χ4n) is 3.37. The van der Waals surface area contributed by atoms with Gasteiger partial charge in [-0.3, -0.25) is 9.48 Å². The largest absolute Gasteiger partial charge is 0.316 e. The average Bonchev–Trinajstić information content (AvgIpc) is 3.24. The van der Waals surface area contributed by atoms with Crippen LogP contribution in [0.15, 0.2) is 54.9 Å². The molecule has 0 fully saturated rings. The van der Waals surface area contributed by atoms with Gasteiger partial charge in [0.1, 0.15) is 11.9 Å². The van der Waals surface area contributed by atoms with E-state index in [1.165, 1.54) is 6.07 Å². The second-order valence-electron chi connectivity index (χ2n) is 7.07. The highest BCUT2D eigenvalue weighted by atomic mass is 19.1. The van der Waals surface area contributed by atoms with E-state index in [1.54, 1.807) is 17.2 Å². The van der Waals surface area contributed by atoms with Crippen molar-refractivity contribution in [2.45, 2.75) is 32.5 Å². The van der Waals surface area contributed by atoms with Gasteiger partial charge in [0.15, 0.2) is 0 Å². The fourth-order valence-corrected chi connectivity index (χ4v) is 3.37. The van der Waals surface area contributed by atoms with E-state index >= 15 is 0 Å². The molecule has 5 nitrogen and oxygen atoms in total. The predicted octanol–water partition coefficient (Wildman–Crippen LogP) is 3.82. The standard InChI is InChI=1S/C21H21FN4O/c1-13(2)26-12-16(10-24-26)14-7-8-15(18(22)9-14)11-25-19-6-4-3-5-17(19)20(23)21(25)27/h3-10,12-13,20H,11,23H2,1-2H3. The molecule has 0 saturated carbocycles. The minimum absolute atomic E-state index is 0.154. The van der Waals surface area contributed by atoms with E-state index in [9.17, 15) is 9.18 Å². The van der Waals surface area contributed by atoms with Gasteiger partial charge in [0.2, 0.25) is 5.91 Å². The second-order valence-corrected chi connectivity index (χ2v) is 7.07. The quantitative estimate of drug-likeness (QED) is 0.765. The lowest BCUT2D eigenvalue weighted by Gasteiger charge is -2.18. The number of hydrogen-bond donors (Lipinski definition) is 1. The molecule has 0 saturated heterocycles. The lowest BCUT2D eigenvalue weighted by molar-refractivity contribution is -0.119. The molecule has 1 aliphatic heterocycles. The third kappa shape index (κ3) is 3.02. The number of carbonyl (C=O) groups excluding carboxylic acids is 1. The van der Waals surface area contributed by atoms with E-state index in [0.29, 0.717) is 5.56 Å². The van der Waals surface area contributed by atoms with Crippen molar-refractivity contribution in [3.05, 3.63) is 71.8 Å². The molecular formula is C21H21FN4O. The number of carbonyl (C=O) groups is 1. The van der Waals surface area contributed by atoms with Gasteiger partial charge in [0, 0.05) is 34.6 Å². The maximum atomic E-state index is 14.8. The van der Waals surface area contributed by atoms with Gasteiger partial charge < -0.3 is 10.6 Å². The van der Waals surface area contributed by atoms with Crippen molar-refractivity contribution in [3.8, 4) is 11.1 Å². The first kappa shape index (κ1) is 17.4. The van der Waals surface area contributed by atoms with Crippen molar-refractivity contribution in [2.24, 2.45) is 5.73 Å². The third-order valence-corrected chi connectivity index (χ3v) is 4.94. The van der Waals surface area contributed by atoms with Crippen LogP contribution in [0.4, 0.5) is 10.1 Å². The van der Waals surface area contributed by atoms with Gasteiger partial charge in [-0.15, -0.1) is 0 Å². The molecule has 3 aromatic rings. The molecular weight excluding hydrogens is 343 g/mol. The molecule has 4 rings (SSSR count).